The van der Waals surface area contributed by atoms with E-state index in [-0.39, 0.29) is 21.5 Å². The van der Waals surface area contributed by atoms with Gasteiger partial charge in [0.1, 0.15) is 11.8 Å². The van der Waals surface area contributed by atoms with Crippen molar-refractivity contribution >= 4 is 15.9 Å². The standard InChI is InChI=1S/C12H9BrF3NO2/c1-6(18)11-5-10(17-19-11)7-2-3-9(13)8(4-7)12(14,15)16/h2-6,18H,1H3. The van der Waals surface area contributed by atoms with Crippen LogP contribution in [0.15, 0.2) is 33.3 Å². The van der Waals surface area contributed by atoms with Crippen LogP contribution in [-0.4, -0.2) is 10.3 Å². The maximum absolute atomic E-state index is 12.8. The molecule has 0 amide bonds. The lowest BCUT2D eigenvalue weighted by Crippen LogP contribution is -2.06. The average molecular weight is 336 g/mol. The van der Waals surface area contributed by atoms with Crippen molar-refractivity contribution in [2.75, 3.05) is 0 Å². The van der Waals surface area contributed by atoms with E-state index in [1.54, 1.807) is 0 Å². The van der Waals surface area contributed by atoms with E-state index >= 15 is 0 Å². The van der Waals surface area contributed by atoms with Gasteiger partial charge in [-0.05, 0) is 19.1 Å². The van der Waals surface area contributed by atoms with Crippen molar-refractivity contribution in [3.63, 3.8) is 0 Å². The van der Waals surface area contributed by atoms with Gasteiger partial charge in [-0.1, -0.05) is 27.2 Å². The Morgan fingerprint density at radius 2 is 2.00 bits per heavy atom. The molecule has 2 aromatic rings. The van der Waals surface area contributed by atoms with Gasteiger partial charge < -0.3 is 9.63 Å². The quantitative estimate of drug-likeness (QED) is 0.895. The molecule has 1 aromatic carbocycles. The van der Waals surface area contributed by atoms with Crippen LogP contribution in [0.5, 0.6) is 0 Å². The predicted octanol–water partition coefficient (Wildman–Crippen LogP) is 4.18. The first-order valence-electron chi connectivity index (χ1n) is 5.31. The van der Waals surface area contributed by atoms with Crippen molar-refractivity contribution < 1.29 is 22.8 Å². The molecule has 19 heavy (non-hydrogen) atoms. The number of benzene rings is 1. The van der Waals surface area contributed by atoms with Crippen molar-refractivity contribution in [1.29, 1.82) is 0 Å². The van der Waals surface area contributed by atoms with Crippen LogP contribution < -0.4 is 0 Å². The zero-order valence-corrected chi connectivity index (χ0v) is 11.3. The Morgan fingerprint density at radius 1 is 1.32 bits per heavy atom. The van der Waals surface area contributed by atoms with Crippen LogP contribution in [0.3, 0.4) is 0 Å². The molecular weight excluding hydrogens is 327 g/mol. The van der Waals surface area contributed by atoms with E-state index in [4.69, 9.17) is 4.52 Å². The zero-order chi connectivity index (χ0) is 14.2. The fourth-order valence-electron chi connectivity index (χ4n) is 1.52. The van der Waals surface area contributed by atoms with Gasteiger partial charge in [-0.3, -0.25) is 0 Å². The Kier molecular flexibility index (Phi) is 3.69. The van der Waals surface area contributed by atoms with Gasteiger partial charge in [0.05, 0.1) is 5.56 Å². The third kappa shape index (κ3) is 2.98. The van der Waals surface area contributed by atoms with Crippen LogP contribution in [0.2, 0.25) is 0 Å². The van der Waals surface area contributed by atoms with Gasteiger partial charge in [0.25, 0.3) is 0 Å². The van der Waals surface area contributed by atoms with Crippen molar-refractivity contribution in [1.82, 2.24) is 5.16 Å². The molecule has 0 aliphatic heterocycles. The summed E-state index contributed by atoms with van der Waals surface area (Å²) >= 11 is 2.86. The topological polar surface area (TPSA) is 46.3 Å². The van der Waals surface area contributed by atoms with Crippen LogP contribution in [-0.2, 0) is 6.18 Å². The summed E-state index contributed by atoms with van der Waals surface area (Å²) in [6.07, 6.45) is -5.31. The molecule has 1 unspecified atom stereocenters. The fourth-order valence-corrected chi connectivity index (χ4v) is 2.00. The molecule has 0 fully saturated rings. The van der Waals surface area contributed by atoms with Crippen LogP contribution >= 0.6 is 15.9 Å². The summed E-state index contributed by atoms with van der Waals surface area (Å²) in [6.45, 7) is 1.48. The lowest BCUT2D eigenvalue weighted by Gasteiger charge is -2.09. The minimum absolute atomic E-state index is 0.0389. The Bertz CT molecular complexity index is 593. The lowest BCUT2D eigenvalue weighted by atomic mass is 10.1. The third-order valence-corrected chi connectivity index (χ3v) is 3.20. The number of hydrogen-bond acceptors (Lipinski definition) is 3. The summed E-state index contributed by atoms with van der Waals surface area (Å²) in [7, 11) is 0. The van der Waals surface area contributed by atoms with Gasteiger partial charge in [0.2, 0.25) is 0 Å². The van der Waals surface area contributed by atoms with Crippen LogP contribution in [0.25, 0.3) is 11.3 Å². The smallest absolute Gasteiger partial charge is 0.385 e. The maximum atomic E-state index is 12.8. The number of aromatic nitrogens is 1. The Labute approximate surface area is 115 Å². The van der Waals surface area contributed by atoms with Crippen molar-refractivity contribution in [3.05, 3.63) is 40.1 Å². The molecule has 1 aromatic heterocycles. The van der Waals surface area contributed by atoms with E-state index in [9.17, 15) is 18.3 Å². The second kappa shape index (κ2) is 4.97. The highest BCUT2D eigenvalue weighted by atomic mass is 79.9. The first-order valence-corrected chi connectivity index (χ1v) is 6.10. The SMILES string of the molecule is CC(O)c1cc(-c2ccc(Br)c(C(F)(F)F)c2)no1. The van der Waals surface area contributed by atoms with Gasteiger partial charge in [-0.2, -0.15) is 13.2 Å². The Hall–Kier alpha value is -1.34. The van der Waals surface area contributed by atoms with E-state index in [0.717, 1.165) is 6.07 Å². The van der Waals surface area contributed by atoms with Crippen LogP contribution in [0.4, 0.5) is 13.2 Å². The first kappa shape index (κ1) is 14.1. The molecule has 3 nitrogen and oxygen atoms in total. The Balaban J connectivity index is 2.45. The van der Waals surface area contributed by atoms with Gasteiger partial charge in [-0.15, -0.1) is 0 Å². The largest absolute Gasteiger partial charge is 0.417 e. The maximum Gasteiger partial charge on any atom is 0.417 e. The summed E-state index contributed by atoms with van der Waals surface area (Å²) in [5, 5.41) is 12.9. The molecule has 0 saturated heterocycles. The second-order valence-electron chi connectivity index (χ2n) is 3.98. The monoisotopic (exact) mass is 335 g/mol. The van der Waals surface area contributed by atoms with Crippen molar-refractivity contribution in [3.8, 4) is 11.3 Å². The molecule has 0 radical (unpaired) electrons. The molecule has 1 N–H and O–H groups in total. The van der Waals surface area contributed by atoms with E-state index < -0.39 is 17.8 Å². The number of halogens is 4. The molecule has 0 saturated carbocycles. The molecule has 1 atom stereocenters. The highest BCUT2D eigenvalue weighted by Crippen LogP contribution is 2.37. The number of rotatable bonds is 2. The summed E-state index contributed by atoms with van der Waals surface area (Å²) < 4.78 is 43.1. The summed E-state index contributed by atoms with van der Waals surface area (Å²) in [6, 6.07) is 5.18. The minimum Gasteiger partial charge on any atom is -0.385 e. The molecule has 7 heteroatoms. The van der Waals surface area contributed by atoms with E-state index in [0.29, 0.717) is 0 Å². The summed E-state index contributed by atoms with van der Waals surface area (Å²) in [5.41, 5.74) is -0.272. The van der Waals surface area contributed by atoms with Gasteiger partial charge >= 0.3 is 6.18 Å². The van der Waals surface area contributed by atoms with E-state index in [1.165, 1.54) is 25.1 Å². The molecule has 1 heterocycles. The van der Waals surface area contributed by atoms with Gasteiger partial charge in [-0.25, -0.2) is 0 Å². The summed E-state index contributed by atoms with van der Waals surface area (Å²) in [5.74, 6) is 0.200. The number of alkyl halides is 3. The summed E-state index contributed by atoms with van der Waals surface area (Å²) in [4.78, 5) is 0. The molecule has 2 rings (SSSR count). The van der Waals surface area contributed by atoms with Crippen LogP contribution in [0, 0.1) is 0 Å². The highest BCUT2D eigenvalue weighted by molar-refractivity contribution is 9.10. The molecule has 0 bridgehead atoms. The molecule has 0 aliphatic rings. The third-order valence-electron chi connectivity index (χ3n) is 2.51. The number of nitrogens with zero attached hydrogens (tertiary/aromatic N) is 1. The van der Waals surface area contributed by atoms with Crippen molar-refractivity contribution in [2.24, 2.45) is 0 Å². The first-order chi connectivity index (χ1) is 8.79. The molecule has 0 spiro atoms. The van der Waals surface area contributed by atoms with E-state index in [2.05, 4.69) is 21.1 Å². The number of hydrogen-bond donors (Lipinski definition) is 1. The van der Waals surface area contributed by atoms with Gasteiger partial charge in [0, 0.05) is 16.1 Å². The minimum atomic E-state index is -4.45. The predicted molar refractivity (Wildman–Crippen MR) is 65.3 cm³/mol. The van der Waals surface area contributed by atoms with Crippen molar-refractivity contribution in [2.45, 2.75) is 19.2 Å². The molecular formula is C12H9BrF3NO2. The second-order valence-corrected chi connectivity index (χ2v) is 4.84. The van der Waals surface area contributed by atoms with Gasteiger partial charge in [0.15, 0.2) is 5.76 Å². The number of aliphatic hydroxyl groups is 1. The molecule has 102 valence electrons. The zero-order valence-electron chi connectivity index (χ0n) is 9.70. The normalized spacial score (nSPS) is 13.6. The fraction of sp³-hybridized carbons (Fsp3) is 0.250. The lowest BCUT2D eigenvalue weighted by molar-refractivity contribution is -0.138. The number of aliphatic hydroxyl groups excluding tert-OH is 1. The van der Waals surface area contributed by atoms with Crippen LogP contribution in [0.1, 0.15) is 24.4 Å². The molecule has 0 aliphatic carbocycles. The average Bonchev–Trinajstić information content (AvgIpc) is 2.77. The van der Waals surface area contributed by atoms with E-state index in [1.807, 2.05) is 0 Å². The Morgan fingerprint density at radius 3 is 2.53 bits per heavy atom. The highest BCUT2D eigenvalue weighted by Gasteiger charge is 2.33.